The lowest BCUT2D eigenvalue weighted by Gasteiger charge is -2.25. The summed E-state index contributed by atoms with van der Waals surface area (Å²) in [5.41, 5.74) is -0.0708. The Bertz CT molecular complexity index is 513. The molecule has 2 N–H and O–H groups in total. The number of carbonyl (C=O) groups excluding carboxylic acids is 1. The van der Waals surface area contributed by atoms with Crippen LogP contribution in [-0.4, -0.2) is 34.4 Å². The van der Waals surface area contributed by atoms with Gasteiger partial charge in [0.2, 0.25) is 6.04 Å². The number of hydrogen-bond acceptors (Lipinski definition) is 5. The average molecular weight is 324 g/mol. The summed E-state index contributed by atoms with van der Waals surface area (Å²) in [6.07, 6.45) is -0.272. The number of carbonyl (C=O) groups is 1. The van der Waals surface area contributed by atoms with Gasteiger partial charge in [0.15, 0.2) is 0 Å². The Labute approximate surface area is 135 Å². The van der Waals surface area contributed by atoms with Gasteiger partial charge in [-0.2, -0.15) is 0 Å². The predicted octanol–water partition coefficient (Wildman–Crippen LogP) is 2.67. The molecule has 0 radical (unpaired) electrons. The maximum absolute atomic E-state index is 12.0. The summed E-state index contributed by atoms with van der Waals surface area (Å²) in [6, 6.07) is 6.87. The summed E-state index contributed by atoms with van der Waals surface area (Å²) in [6.45, 7) is 5.03. The Morgan fingerprint density at radius 2 is 1.96 bits per heavy atom. The zero-order valence-electron chi connectivity index (χ0n) is 13.7. The molecule has 0 aromatic heterocycles. The van der Waals surface area contributed by atoms with Crippen LogP contribution in [0.15, 0.2) is 30.3 Å². The summed E-state index contributed by atoms with van der Waals surface area (Å²) < 4.78 is 5.20. The van der Waals surface area contributed by atoms with Gasteiger partial charge in [-0.15, -0.1) is 0 Å². The van der Waals surface area contributed by atoms with Crippen LogP contribution < -0.4 is 5.32 Å². The third-order valence-corrected chi connectivity index (χ3v) is 3.14. The number of hydrogen-bond donors (Lipinski definition) is 2. The molecule has 23 heavy (non-hydrogen) atoms. The maximum atomic E-state index is 12.0. The lowest BCUT2D eigenvalue weighted by molar-refractivity contribution is -0.529. The molecule has 7 nitrogen and oxygen atoms in total. The number of alkyl carbamates (subject to hydrolysis) is 1. The number of nitrogens with one attached hydrogen (secondary N) is 1. The fourth-order valence-corrected chi connectivity index (χ4v) is 2.19. The Hall–Kier alpha value is -2.15. The highest BCUT2D eigenvalue weighted by Gasteiger charge is 2.34. The first-order chi connectivity index (χ1) is 10.7. The summed E-state index contributed by atoms with van der Waals surface area (Å²) in [5, 5.41) is 23.0. The van der Waals surface area contributed by atoms with Crippen molar-refractivity contribution in [1.82, 2.24) is 5.32 Å². The van der Waals surface area contributed by atoms with Crippen LogP contribution >= 0.6 is 0 Å². The van der Waals surface area contributed by atoms with Crippen molar-refractivity contribution in [2.45, 2.75) is 51.3 Å². The van der Waals surface area contributed by atoms with Gasteiger partial charge in [-0.05, 0) is 32.8 Å². The standard InChI is InChI=1S/C16H24N2O5/c1-16(2,3)23-15(20)17-14(12-8-5-4-6-9-12)13(18(21)22)10-7-11-19/h4-6,8-9,13-14,19H,7,10-11H2,1-3H3,(H,17,20)/t13-,14+/m0/s1. The Morgan fingerprint density at radius 3 is 2.43 bits per heavy atom. The minimum Gasteiger partial charge on any atom is -0.444 e. The lowest BCUT2D eigenvalue weighted by Crippen LogP contribution is -2.42. The number of aliphatic hydroxyl groups is 1. The van der Waals surface area contributed by atoms with E-state index in [-0.39, 0.29) is 19.4 Å². The molecule has 2 atom stereocenters. The molecular weight excluding hydrogens is 300 g/mol. The Morgan fingerprint density at radius 1 is 1.35 bits per heavy atom. The SMILES string of the molecule is CC(C)(C)OC(=O)N[C@H](c1ccccc1)[C@H](CCCO)[N+](=O)[O-]. The van der Waals surface area contributed by atoms with E-state index < -0.39 is 28.7 Å². The van der Waals surface area contributed by atoms with Crippen LogP contribution in [0.3, 0.4) is 0 Å². The van der Waals surface area contributed by atoms with Gasteiger partial charge in [0, 0.05) is 18.0 Å². The van der Waals surface area contributed by atoms with Crippen LogP contribution in [0.2, 0.25) is 0 Å². The summed E-state index contributed by atoms with van der Waals surface area (Å²) in [5.74, 6) is 0. The number of rotatable bonds is 7. The first-order valence-electron chi connectivity index (χ1n) is 7.53. The molecule has 0 spiro atoms. The van der Waals surface area contributed by atoms with Crippen molar-refractivity contribution in [1.29, 1.82) is 0 Å². The Balaban J connectivity index is 3.01. The van der Waals surface area contributed by atoms with E-state index in [2.05, 4.69) is 5.32 Å². The molecule has 0 heterocycles. The fraction of sp³-hybridized carbons (Fsp3) is 0.562. The number of nitro groups is 1. The van der Waals surface area contributed by atoms with Crippen molar-refractivity contribution >= 4 is 6.09 Å². The van der Waals surface area contributed by atoms with Crippen molar-refractivity contribution in [3.05, 3.63) is 46.0 Å². The third-order valence-electron chi connectivity index (χ3n) is 3.14. The summed E-state index contributed by atoms with van der Waals surface area (Å²) in [7, 11) is 0. The van der Waals surface area contributed by atoms with Gasteiger partial charge in [0.1, 0.15) is 11.6 Å². The van der Waals surface area contributed by atoms with E-state index in [4.69, 9.17) is 9.84 Å². The number of ether oxygens (including phenoxy) is 1. The van der Waals surface area contributed by atoms with Gasteiger partial charge >= 0.3 is 6.09 Å². The van der Waals surface area contributed by atoms with E-state index >= 15 is 0 Å². The average Bonchev–Trinajstić information content (AvgIpc) is 2.45. The first-order valence-corrected chi connectivity index (χ1v) is 7.53. The smallest absolute Gasteiger partial charge is 0.408 e. The number of benzene rings is 1. The molecule has 0 aliphatic heterocycles. The predicted molar refractivity (Wildman–Crippen MR) is 85.7 cm³/mol. The van der Waals surface area contributed by atoms with Gasteiger partial charge in [-0.3, -0.25) is 10.1 Å². The molecule has 0 saturated heterocycles. The zero-order valence-corrected chi connectivity index (χ0v) is 13.7. The summed E-state index contributed by atoms with van der Waals surface area (Å²) in [4.78, 5) is 23.0. The van der Waals surface area contributed by atoms with Crippen molar-refractivity contribution in [3.63, 3.8) is 0 Å². The van der Waals surface area contributed by atoms with Crippen LogP contribution in [0.1, 0.15) is 45.2 Å². The van der Waals surface area contributed by atoms with Gasteiger partial charge < -0.3 is 15.2 Å². The van der Waals surface area contributed by atoms with Crippen molar-refractivity contribution < 1.29 is 19.6 Å². The second kappa shape index (κ2) is 8.47. The molecule has 128 valence electrons. The lowest BCUT2D eigenvalue weighted by atomic mass is 9.96. The zero-order chi connectivity index (χ0) is 17.5. The van der Waals surface area contributed by atoms with Gasteiger partial charge in [-0.1, -0.05) is 30.3 Å². The monoisotopic (exact) mass is 324 g/mol. The molecule has 1 aromatic carbocycles. The molecule has 0 bridgehead atoms. The van der Waals surface area contributed by atoms with E-state index in [1.165, 1.54) is 0 Å². The van der Waals surface area contributed by atoms with Crippen molar-refractivity contribution in [3.8, 4) is 0 Å². The second-order valence-corrected chi connectivity index (χ2v) is 6.25. The van der Waals surface area contributed by atoms with Crippen molar-refractivity contribution in [2.24, 2.45) is 0 Å². The van der Waals surface area contributed by atoms with E-state index in [0.717, 1.165) is 0 Å². The second-order valence-electron chi connectivity index (χ2n) is 6.25. The molecule has 7 heteroatoms. The highest BCUT2D eigenvalue weighted by molar-refractivity contribution is 5.68. The third kappa shape index (κ3) is 6.65. The van der Waals surface area contributed by atoms with Gasteiger partial charge in [-0.25, -0.2) is 4.79 Å². The molecule has 0 fully saturated rings. The van der Waals surface area contributed by atoms with Crippen LogP contribution in [0.25, 0.3) is 0 Å². The van der Waals surface area contributed by atoms with E-state index in [9.17, 15) is 14.9 Å². The van der Waals surface area contributed by atoms with E-state index in [1.54, 1.807) is 51.1 Å². The van der Waals surface area contributed by atoms with Crippen LogP contribution in [0.5, 0.6) is 0 Å². The minimum atomic E-state index is -1.04. The van der Waals surface area contributed by atoms with E-state index in [0.29, 0.717) is 5.56 Å². The normalized spacial score (nSPS) is 13.9. The quantitative estimate of drug-likeness (QED) is 0.593. The van der Waals surface area contributed by atoms with Crippen LogP contribution in [0, 0.1) is 10.1 Å². The van der Waals surface area contributed by atoms with Crippen LogP contribution in [-0.2, 0) is 4.74 Å². The molecule has 1 rings (SSSR count). The van der Waals surface area contributed by atoms with Crippen LogP contribution in [0.4, 0.5) is 4.79 Å². The number of amides is 1. The highest BCUT2D eigenvalue weighted by atomic mass is 16.6. The number of aliphatic hydroxyl groups excluding tert-OH is 1. The largest absolute Gasteiger partial charge is 0.444 e. The van der Waals surface area contributed by atoms with Crippen molar-refractivity contribution in [2.75, 3.05) is 6.61 Å². The topological polar surface area (TPSA) is 102 Å². The Kier molecular flexibility index (Phi) is 6.96. The first kappa shape index (κ1) is 18.9. The number of nitrogens with zero attached hydrogens (tertiary/aromatic N) is 1. The molecule has 0 unspecified atom stereocenters. The van der Waals surface area contributed by atoms with Gasteiger partial charge in [0.05, 0.1) is 0 Å². The fourth-order valence-electron chi connectivity index (χ4n) is 2.19. The molecule has 0 aliphatic rings. The molecular formula is C16H24N2O5. The van der Waals surface area contributed by atoms with E-state index in [1.807, 2.05) is 0 Å². The minimum absolute atomic E-state index is 0.141. The molecule has 1 aromatic rings. The van der Waals surface area contributed by atoms with Gasteiger partial charge in [0.25, 0.3) is 0 Å². The molecule has 0 saturated carbocycles. The maximum Gasteiger partial charge on any atom is 0.408 e. The molecule has 0 aliphatic carbocycles. The molecule has 1 amide bonds. The highest BCUT2D eigenvalue weighted by Crippen LogP contribution is 2.23. The summed E-state index contributed by atoms with van der Waals surface area (Å²) >= 11 is 0.